The minimum absolute atomic E-state index is 0.284. The Hall–Kier alpha value is -4.11. The molecule has 0 saturated carbocycles. The minimum atomic E-state index is 0.284. The van der Waals surface area contributed by atoms with Gasteiger partial charge in [-0.25, -0.2) is 0 Å². The van der Waals surface area contributed by atoms with Crippen molar-refractivity contribution in [2.45, 2.75) is 24.4 Å². The second-order valence-electron chi connectivity index (χ2n) is 7.62. The quantitative estimate of drug-likeness (QED) is 0.253. The van der Waals surface area contributed by atoms with Gasteiger partial charge in [0.2, 0.25) is 11.7 Å². The van der Waals surface area contributed by atoms with Crippen LogP contribution in [0.2, 0.25) is 0 Å². The van der Waals surface area contributed by atoms with E-state index >= 15 is 0 Å². The van der Waals surface area contributed by atoms with E-state index in [2.05, 4.69) is 20.3 Å². The fourth-order valence-corrected chi connectivity index (χ4v) is 4.37. The Morgan fingerprint density at radius 2 is 1.63 bits per heavy atom. The van der Waals surface area contributed by atoms with Crippen molar-refractivity contribution < 1.29 is 14.0 Å². The third-order valence-corrected chi connectivity index (χ3v) is 6.22. The molecule has 176 valence electrons. The van der Waals surface area contributed by atoms with Crippen molar-refractivity contribution in [2.75, 3.05) is 7.11 Å². The average Bonchev–Trinajstić information content (AvgIpc) is 3.54. The van der Waals surface area contributed by atoms with Gasteiger partial charge in [0.25, 0.3) is 0 Å². The molecule has 0 radical (unpaired) electrons. The van der Waals surface area contributed by atoms with Gasteiger partial charge in [-0.1, -0.05) is 65.4 Å². The number of methoxy groups -OCH3 is 1. The van der Waals surface area contributed by atoms with E-state index < -0.39 is 0 Å². The molecule has 8 nitrogen and oxygen atoms in total. The van der Waals surface area contributed by atoms with Gasteiger partial charge in [0.05, 0.1) is 18.4 Å². The van der Waals surface area contributed by atoms with Crippen molar-refractivity contribution in [1.29, 1.82) is 0 Å². The highest BCUT2D eigenvalue weighted by Crippen LogP contribution is 2.29. The molecule has 35 heavy (non-hydrogen) atoms. The Balaban J connectivity index is 1.36. The molecule has 0 atom stereocenters. The predicted molar refractivity (Wildman–Crippen MR) is 133 cm³/mol. The Morgan fingerprint density at radius 3 is 2.43 bits per heavy atom. The summed E-state index contributed by atoms with van der Waals surface area (Å²) in [6.07, 6.45) is 0. The zero-order valence-corrected chi connectivity index (χ0v) is 20.1. The van der Waals surface area contributed by atoms with Crippen LogP contribution in [0.1, 0.15) is 17.3 Å². The maximum Gasteiger partial charge on any atom is 0.237 e. The molecule has 0 aliphatic heterocycles. The summed E-state index contributed by atoms with van der Waals surface area (Å²) < 4.78 is 18.9. The lowest BCUT2D eigenvalue weighted by Gasteiger charge is -2.11. The Bertz CT molecular complexity index is 1420. The molecule has 0 spiro atoms. The summed E-state index contributed by atoms with van der Waals surface area (Å²) in [7, 11) is 1.62. The number of hydrogen-bond acceptors (Lipinski definition) is 8. The fourth-order valence-electron chi connectivity index (χ4n) is 3.56. The van der Waals surface area contributed by atoms with Crippen LogP contribution in [-0.2, 0) is 12.4 Å². The van der Waals surface area contributed by atoms with E-state index in [9.17, 15) is 0 Å². The van der Waals surface area contributed by atoms with E-state index in [4.69, 9.17) is 14.0 Å². The van der Waals surface area contributed by atoms with Crippen LogP contribution in [0.5, 0.6) is 11.5 Å². The average molecular weight is 486 g/mol. The molecule has 5 rings (SSSR count). The Morgan fingerprint density at radius 1 is 0.886 bits per heavy atom. The monoisotopic (exact) mass is 485 g/mol. The first-order valence-corrected chi connectivity index (χ1v) is 12.0. The standard InChI is InChI=1S/C26H23N5O3S/c1-18-10-6-8-14-21(18)33-16-23-28-29-26(31(23)19-11-4-3-5-12-19)35-17-24-27-25(30-34-24)20-13-7-9-15-22(20)32-2/h3-15H,16-17H2,1-2H3. The molecule has 0 N–H and O–H groups in total. The van der Waals surface area contributed by atoms with Crippen molar-refractivity contribution in [3.8, 4) is 28.6 Å². The second-order valence-corrected chi connectivity index (χ2v) is 8.57. The molecule has 2 heterocycles. The van der Waals surface area contributed by atoms with Gasteiger partial charge in [-0.15, -0.1) is 10.2 Å². The number of aryl methyl sites for hydroxylation is 1. The third kappa shape index (κ3) is 5.04. The fraction of sp³-hybridized carbons (Fsp3) is 0.154. The molecule has 9 heteroatoms. The largest absolute Gasteiger partial charge is 0.496 e. The summed E-state index contributed by atoms with van der Waals surface area (Å²) in [5.74, 6) is 3.60. The summed E-state index contributed by atoms with van der Waals surface area (Å²) in [5.41, 5.74) is 2.79. The van der Waals surface area contributed by atoms with E-state index in [0.29, 0.717) is 34.2 Å². The normalized spacial score (nSPS) is 10.9. The van der Waals surface area contributed by atoms with Crippen molar-refractivity contribution in [3.63, 3.8) is 0 Å². The minimum Gasteiger partial charge on any atom is -0.496 e. The molecular formula is C26H23N5O3S. The van der Waals surface area contributed by atoms with Gasteiger partial charge in [0.15, 0.2) is 11.0 Å². The van der Waals surface area contributed by atoms with Crippen molar-refractivity contribution in [3.05, 3.63) is 96.1 Å². The SMILES string of the molecule is COc1ccccc1-c1noc(CSc2nnc(COc3ccccc3C)n2-c2ccccc2)n1. The number of hydrogen-bond donors (Lipinski definition) is 0. The van der Waals surface area contributed by atoms with E-state index in [0.717, 1.165) is 22.6 Å². The Kier molecular flexibility index (Phi) is 6.76. The second kappa shape index (κ2) is 10.4. The summed E-state index contributed by atoms with van der Waals surface area (Å²) in [6, 6.07) is 25.4. The first-order valence-electron chi connectivity index (χ1n) is 11.0. The van der Waals surface area contributed by atoms with Gasteiger partial charge < -0.3 is 14.0 Å². The zero-order valence-electron chi connectivity index (χ0n) is 19.3. The van der Waals surface area contributed by atoms with Crippen LogP contribution >= 0.6 is 11.8 Å². The maximum atomic E-state index is 6.05. The number of nitrogens with zero attached hydrogens (tertiary/aromatic N) is 5. The molecule has 0 unspecified atom stereocenters. The number of aromatic nitrogens is 5. The third-order valence-electron chi connectivity index (χ3n) is 5.31. The number of para-hydroxylation sites is 3. The van der Waals surface area contributed by atoms with Crippen LogP contribution in [0, 0.1) is 6.92 Å². The summed E-state index contributed by atoms with van der Waals surface area (Å²) in [6.45, 7) is 2.30. The van der Waals surface area contributed by atoms with Crippen molar-refractivity contribution in [2.24, 2.45) is 0 Å². The lowest BCUT2D eigenvalue weighted by molar-refractivity contribution is 0.291. The topological polar surface area (TPSA) is 88.1 Å². The molecule has 0 aliphatic carbocycles. The van der Waals surface area contributed by atoms with Crippen LogP contribution in [0.25, 0.3) is 17.1 Å². The number of thioether (sulfide) groups is 1. The molecule has 0 saturated heterocycles. The van der Waals surface area contributed by atoms with Gasteiger partial charge in [-0.2, -0.15) is 4.98 Å². The van der Waals surface area contributed by atoms with E-state index in [-0.39, 0.29) is 6.61 Å². The Labute approximate surface area is 206 Å². The highest BCUT2D eigenvalue weighted by Gasteiger charge is 2.18. The van der Waals surface area contributed by atoms with E-state index in [1.165, 1.54) is 11.8 Å². The molecule has 2 aromatic heterocycles. The summed E-state index contributed by atoms with van der Waals surface area (Å²) >= 11 is 1.47. The van der Waals surface area contributed by atoms with Crippen LogP contribution < -0.4 is 9.47 Å². The van der Waals surface area contributed by atoms with Crippen LogP contribution in [0.15, 0.2) is 88.5 Å². The lowest BCUT2D eigenvalue weighted by atomic mass is 10.2. The first kappa shape index (κ1) is 22.7. The van der Waals surface area contributed by atoms with Gasteiger partial charge in [-0.3, -0.25) is 4.57 Å². The molecule has 0 aliphatic rings. The highest BCUT2D eigenvalue weighted by molar-refractivity contribution is 7.98. The number of rotatable bonds is 9. The molecule has 0 bridgehead atoms. The lowest BCUT2D eigenvalue weighted by Crippen LogP contribution is -2.07. The van der Waals surface area contributed by atoms with E-state index in [1.54, 1.807) is 7.11 Å². The number of ether oxygens (including phenoxy) is 2. The molecular weight excluding hydrogens is 462 g/mol. The molecule has 3 aromatic carbocycles. The smallest absolute Gasteiger partial charge is 0.237 e. The highest BCUT2D eigenvalue weighted by atomic mass is 32.2. The summed E-state index contributed by atoms with van der Waals surface area (Å²) in [4.78, 5) is 4.54. The number of benzene rings is 3. The van der Waals surface area contributed by atoms with Gasteiger partial charge in [0, 0.05) is 5.69 Å². The van der Waals surface area contributed by atoms with E-state index in [1.807, 2.05) is 90.4 Å². The first-order chi connectivity index (χ1) is 17.2. The van der Waals surface area contributed by atoms with Gasteiger partial charge in [-0.05, 0) is 42.8 Å². The maximum absolute atomic E-state index is 6.05. The zero-order chi connectivity index (χ0) is 24.0. The van der Waals surface area contributed by atoms with Crippen LogP contribution in [0.4, 0.5) is 0 Å². The van der Waals surface area contributed by atoms with Gasteiger partial charge in [0.1, 0.15) is 18.1 Å². The molecule has 0 amide bonds. The van der Waals surface area contributed by atoms with Gasteiger partial charge >= 0.3 is 0 Å². The summed E-state index contributed by atoms with van der Waals surface area (Å²) in [5, 5.41) is 13.7. The van der Waals surface area contributed by atoms with Crippen LogP contribution in [-0.4, -0.2) is 32.0 Å². The van der Waals surface area contributed by atoms with Crippen molar-refractivity contribution >= 4 is 11.8 Å². The predicted octanol–water partition coefficient (Wildman–Crippen LogP) is 5.51. The van der Waals surface area contributed by atoms with Crippen LogP contribution in [0.3, 0.4) is 0 Å². The molecule has 5 aromatic rings. The van der Waals surface area contributed by atoms with Crippen molar-refractivity contribution in [1.82, 2.24) is 24.9 Å². The molecule has 0 fully saturated rings.